The summed E-state index contributed by atoms with van der Waals surface area (Å²) in [5, 5.41) is 7.33. The van der Waals surface area contributed by atoms with E-state index in [9.17, 15) is 0 Å². The van der Waals surface area contributed by atoms with E-state index in [2.05, 4.69) is 34.5 Å². The average Bonchev–Trinajstić information content (AvgIpc) is 2.61. The fourth-order valence-corrected chi connectivity index (χ4v) is 2.47. The fraction of sp³-hybridized carbons (Fsp3) is 0.611. The van der Waals surface area contributed by atoms with Gasteiger partial charge < -0.3 is 25.0 Å². The molecule has 0 bridgehead atoms. The minimum atomic E-state index is 0.725. The zero-order valence-electron chi connectivity index (χ0n) is 15.8. The molecule has 0 saturated heterocycles. The molecule has 0 aliphatic heterocycles. The van der Waals surface area contributed by atoms with E-state index in [-0.39, 0.29) is 0 Å². The molecule has 1 rings (SSSR count). The Balaban J connectivity index is 2.43. The van der Waals surface area contributed by atoms with Crippen molar-refractivity contribution in [3.8, 4) is 5.75 Å². The number of likely N-dealkylation sites (N-methyl/N-ethyl adjacent to an activating group) is 1. The maximum atomic E-state index is 6.28. The molecule has 0 saturated carbocycles. The molecule has 0 heterocycles. The topological polar surface area (TPSA) is 58.1 Å². The first-order valence-corrected chi connectivity index (χ1v) is 9.00. The number of methoxy groups -OCH3 is 2. The molecule has 0 radical (unpaired) electrons. The summed E-state index contributed by atoms with van der Waals surface area (Å²) in [5.74, 6) is 1.60. The van der Waals surface area contributed by atoms with E-state index in [0.29, 0.717) is 0 Å². The van der Waals surface area contributed by atoms with Gasteiger partial charge in [-0.15, -0.1) is 0 Å². The summed E-state index contributed by atoms with van der Waals surface area (Å²) in [6.45, 7) is 6.92. The summed E-state index contributed by atoms with van der Waals surface area (Å²) in [4.78, 5) is 6.80. The van der Waals surface area contributed by atoms with E-state index in [1.807, 2.05) is 18.2 Å². The molecule has 1 aromatic rings. The first-order valence-electron chi connectivity index (χ1n) is 8.62. The van der Waals surface area contributed by atoms with Crippen LogP contribution < -0.4 is 15.4 Å². The van der Waals surface area contributed by atoms with Crippen LogP contribution in [-0.2, 0) is 11.2 Å². The Hall–Kier alpha value is -1.50. The highest BCUT2D eigenvalue weighted by atomic mass is 35.5. The number of rotatable bonds is 11. The normalized spacial score (nSPS) is 11.7. The van der Waals surface area contributed by atoms with Gasteiger partial charge in [-0.3, -0.25) is 4.99 Å². The van der Waals surface area contributed by atoms with Crippen LogP contribution in [0.1, 0.15) is 12.5 Å². The predicted octanol–water partition coefficient (Wildman–Crippen LogP) is 2.02. The molecule has 7 heteroatoms. The SMILES string of the molecule is CCNC(=NCCN(C)CCOC)NCCc1ccc(OC)cc1Cl. The second kappa shape index (κ2) is 12.8. The minimum Gasteiger partial charge on any atom is -0.497 e. The Kier molecular flexibility index (Phi) is 11.0. The van der Waals surface area contributed by atoms with E-state index in [4.69, 9.17) is 21.1 Å². The Morgan fingerprint density at radius 1 is 1.24 bits per heavy atom. The lowest BCUT2D eigenvalue weighted by molar-refractivity contribution is 0.163. The molecule has 0 atom stereocenters. The smallest absolute Gasteiger partial charge is 0.191 e. The van der Waals surface area contributed by atoms with E-state index in [0.717, 1.165) is 68.0 Å². The second-order valence-electron chi connectivity index (χ2n) is 5.69. The number of nitrogens with zero attached hydrogens (tertiary/aromatic N) is 2. The first kappa shape index (κ1) is 21.5. The molecule has 2 N–H and O–H groups in total. The summed E-state index contributed by atoms with van der Waals surface area (Å²) in [6, 6.07) is 5.76. The van der Waals surface area contributed by atoms with Gasteiger partial charge in [0.25, 0.3) is 0 Å². The van der Waals surface area contributed by atoms with Crippen molar-refractivity contribution in [2.75, 3.05) is 60.6 Å². The molecule has 1 aromatic carbocycles. The highest BCUT2D eigenvalue weighted by molar-refractivity contribution is 6.31. The molecule has 0 amide bonds. The maximum Gasteiger partial charge on any atom is 0.191 e. The standard InChI is InChI=1S/C18H31ClN4O2/c1-5-20-18(22-10-11-23(2)12-13-24-3)21-9-8-15-6-7-16(25-4)14-17(15)19/h6-7,14H,5,8-13H2,1-4H3,(H2,20,21,22). The largest absolute Gasteiger partial charge is 0.497 e. The van der Waals surface area contributed by atoms with Gasteiger partial charge in [0.1, 0.15) is 5.75 Å². The van der Waals surface area contributed by atoms with Crippen LogP contribution in [0, 0.1) is 0 Å². The van der Waals surface area contributed by atoms with E-state index >= 15 is 0 Å². The van der Waals surface area contributed by atoms with Crippen molar-refractivity contribution in [3.63, 3.8) is 0 Å². The lowest BCUT2D eigenvalue weighted by Gasteiger charge is -2.16. The van der Waals surface area contributed by atoms with Gasteiger partial charge in [0.15, 0.2) is 5.96 Å². The van der Waals surface area contributed by atoms with E-state index in [1.165, 1.54) is 0 Å². The Labute approximate surface area is 156 Å². The second-order valence-corrected chi connectivity index (χ2v) is 6.10. The molecule has 25 heavy (non-hydrogen) atoms. The van der Waals surface area contributed by atoms with Crippen molar-refractivity contribution in [1.29, 1.82) is 0 Å². The Bertz CT molecular complexity index is 526. The number of aliphatic imine (C=N–C) groups is 1. The molecule has 0 spiro atoms. The average molecular weight is 371 g/mol. The molecule has 0 aliphatic rings. The number of halogens is 1. The zero-order chi connectivity index (χ0) is 18.5. The van der Waals surface area contributed by atoms with Gasteiger partial charge in [0.2, 0.25) is 0 Å². The summed E-state index contributed by atoms with van der Waals surface area (Å²) < 4.78 is 10.2. The van der Waals surface area contributed by atoms with Gasteiger partial charge in [0, 0.05) is 38.3 Å². The quantitative estimate of drug-likeness (QED) is 0.461. The van der Waals surface area contributed by atoms with E-state index < -0.39 is 0 Å². The summed E-state index contributed by atoms with van der Waals surface area (Å²) in [6.07, 6.45) is 0.820. The summed E-state index contributed by atoms with van der Waals surface area (Å²) in [7, 11) is 5.42. The van der Waals surface area contributed by atoms with Crippen molar-refractivity contribution in [2.24, 2.45) is 4.99 Å². The third-order valence-electron chi connectivity index (χ3n) is 3.72. The van der Waals surface area contributed by atoms with E-state index in [1.54, 1.807) is 14.2 Å². The molecule has 0 fully saturated rings. The minimum absolute atomic E-state index is 0.725. The monoisotopic (exact) mass is 370 g/mol. The molecule has 0 unspecified atom stereocenters. The Morgan fingerprint density at radius 2 is 2.04 bits per heavy atom. The van der Waals surface area contributed by atoms with Crippen molar-refractivity contribution in [2.45, 2.75) is 13.3 Å². The summed E-state index contributed by atoms with van der Waals surface area (Å²) >= 11 is 6.28. The van der Waals surface area contributed by atoms with Gasteiger partial charge in [-0.1, -0.05) is 17.7 Å². The number of guanidine groups is 1. The number of nitrogens with one attached hydrogen (secondary N) is 2. The number of hydrogen-bond acceptors (Lipinski definition) is 4. The number of ether oxygens (including phenoxy) is 2. The van der Waals surface area contributed by atoms with Gasteiger partial charge in [0.05, 0.1) is 20.3 Å². The van der Waals surface area contributed by atoms with Crippen LogP contribution in [0.2, 0.25) is 5.02 Å². The highest BCUT2D eigenvalue weighted by Crippen LogP contribution is 2.22. The van der Waals surface area contributed by atoms with Crippen LogP contribution >= 0.6 is 11.6 Å². The number of benzene rings is 1. The Morgan fingerprint density at radius 3 is 2.68 bits per heavy atom. The van der Waals surface area contributed by atoms with Gasteiger partial charge in [-0.05, 0) is 38.1 Å². The predicted molar refractivity (Wildman–Crippen MR) is 105 cm³/mol. The van der Waals surface area contributed by atoms with Crippen molar-refractivity contribution in [1.82, 2.24) is 15.5 Å². The number of hydrogen-bond donors (Lipinski definition) is 2. The maximum absolute atomic E-state index is 6.28. The van der Waals surface area contributed by atoms with Crippen molar-refractivity contribution >= 4 is 17.6 Å². The fourth-order valence-electron chi connectivity index (χ4n) is 2.21. The summed E-state index contributed by atoms with van der Waals surface area (Å²) in [5.41, 5.74) is 1.09. The van der Waals surface area contributed by atoms with Crippen molar-refractivity contribution in [3.05, 3.63) is 28.8 Å². The molecule has 0 aromatic heterocycles. The van der Waals surface area contributed by atoms with Crippen LogP contribution in [-0.4, -0.2) is 71.5 Å². The molecular formula is C18H31ClN4O2. The van der Waals surface area contributed by atoms with Crippen molar-refractivity contribution < 1.29 is 9.47 Å². The van der Waals surface area contributed by atoms with Crippen LogP contribution in [0.25, 0.3) is 0 Å². The van der Waals surface area contributed by atoms with Gasteiger partial charge >= 0.3 is 0 Å². The molecule has 142 valence electrons. The third-order valence-corrected chi connectivity index (χ3v) is 4.07. The lowest BCUT2D eigenvalue weighted by atomic mass is 10.1. The lowest BCUT2D eigenvalue weighted by Crippen LogP contribution is -2.39. The molecule has 0 aliphatic carbocycles. The van der Waals surface area contributed by atoms with Crippen LogP contribution in [0.5, 0.6) is 5.75 Å². The van der Waals surface area contributed by atoms with Crippen LogP contribution in [0.4, 0.5) is 0 Å². The molecular weight excluding hydrogens is 340 g/mol. The van der Waals surface area contributed by atoms with Crippen LogP contribution in [0.15, 0.2) is 23.2 Å². The van der Waals surface area contributed by atoms with Gasteiger partial charge in [-0.25, -0.2) is 0 Å². The molecule has 6 nitrogen and oxygen atoms in total. The first-order chi connectivity index (χ1) is 12.1. The van der Waals surface area contributed by atoms with Gasteiger partial charge in [-0.2, -0.15) is 0 Å². The third kappa shape index (κ3) is 8.95. The van der Waals surface area contributed by atoms with Crippen LogP contribution in [0.3, 0.4) is 0 Å². The zero-order valence-corrected chi connectivity index (χ0v) is 16.5. The highest BCUT2D eigenvalue weighted by Gasteiger charge is 2.04.